The predicted octanol–water partition coefficient (Wildman–Crippen LogP) is 1.66. The largest absolute Gasteiger partial charge is 0.389 e. The zero-order valence-corrected chi connectivity index (χ0v) is 15.1. The summed E-state index contributed by atoms with van der Waals surface area (Å²) in [4.78, 5) is 14.8. The molecule has 6 nitrogen and oxygen atoms in total. The second-order valence-electron chi connectivity index (χ2n) is 8.24. The zero-order valence-electron chi connectivity index (χ0n) is 15.1. The second kappa shape index (κ2) is 6.72. The number of hydrogen-bond acceptors (Lipinski definition) is 4. The summed E-state index contributed by atoms with van der Waals surface area (Å²) in [6, 6.07) is 0.0547. The minimum absolute atomic E-state index is 0.0547. The van der Waals surface area contributed by atoms with Crippen molar-refractivity contribution in [1.82, 2.24) is 14.7 Å². The molecular formula is C19H29N3O3. The maximum absolute atomic E-state index is 12.8. The van der Waals surface area contributed by atoms with Crippen molar-refractivity contribution in [2.24, 2.45) is 13.0 Å². The van der Waals surface area contributed by atoms with Crippen LogP contribution in [0.4, 0.5) is 0 Å². The summed E-state index contributed by atoms with van der Waals surface area (Å²) < 4.78 is 7.98. The number of likely N-dealkylation sites (tertiary alicyclic amines) is 1. The molecule has 0 spiro atoms. The average Bonchev–Trinajstić information content (AvgIpc) is 3.16. The molecule has 1 aliphatic heterocycles. The van der Waals surface area contributed by atoms with Crippen molar-refractivity contribution in [3.05, 3.63) is 18.0 Å². The van der Waals surface area contributed by atoms with Crippen LogP contribution >= 0.6 is 0 Å². The number of carbonyl (C=O) groups is 1. The fourth-order valence-electron chi connectivity index (χ4n) is 4.08. The number of hydrogen-bond donors (Lipinski definition) is 1. The number of carbonyl (C=O) groups excluding carboxylic acids is 1. The number of aromatic nitrogens is 2. The fraction of sp³-hybridized carbons (Fsp3) is 0.789. The molecule has 4 rings (SSSR count). The van der Waals surface area contributed by atoms with Gasteiger partial charge in [0, 0.05) is 26.4 Å². The molecule has 138 valence electrons. The highest BCUT2D eigenvalue weighted by molar-refractivity contribution is 5.78. The van der Waals surface area contributed by atoms with Crippen molar-refractivity contribution < 1.29 is 14.6 Å². The third-order valence-corrected chi connectivity index (χ3v) is 6.02. The van der Waals surface area contributed by atoms with Gasteiger partial charge in [-0.3, -0.25) is 9.48 Å². The Kier molecular flexibility index (Phi) is 4.58. The quantitative estimate of drug-likeness (QED) is 0.815. The van der Waals surface area contributed by atoms with Crippen LogP contribution in [0, 0.1) is 5.92 Å². The Labute approximate surface area is 149 Å². The molecular weight excluding hydrogens is 318 g/mol. The van der Waals surface area contributed by atoms with Crippen LogP contribution in [0.1, 0.15) is 50.5 Å². The molecule has 1 aromatic heterocycles. The number of aryl methyl sites for hydroxylation is 1. The third kappa shape index (κ3) is 3.90. The molecule has 1 N–H and O–H groups in total. The highest BCUT2D eigenvalue weighted by Gasteiger charge is 2.43. The van der Waals surface area contributed by atoms with Gasteiger partial charge < -0.3 is 14.7 Å². The van der Waals surface area contributed by atoms with Crippen molar-refractivity contribution >= 4 is 5.91 Å². The maximum atomic E-state index is 12.8. The summed E-state index contributed by atoms with van der Waals surface area (Å²) in [5.74, 6) is 0.799. The van der Waals surface area contributed by atoms with Gasteiger partial charge in [0.05, 0.1) is 30.4 Å². The molecule has 2 heterocycles. The second-order valence-corrected chi connectivity index (χ2v) is 8.24. The lowest BCUT2D eigenvalue weighted by Gasteiger charge is -2.38. The predicted molar refractivity (Wildman–Crippen MR) is 92.9 cm³/mol. The molecule has 2 aliphatic carbocycles. The van der Waals surface area contributed by atoms with Crippen molar-refractivity contribution in [3.8, 4) is 0 Å². The Morgan fingerprint density at radius 2 is 2.20 bits per heavy atom. The van der Waals surface area contributed by atoms with E-state index in [-0.39, 0.29) is 24.5 Å². The summed E-state index contributed by atoms with van der Waals surface area (Å²) in [5, 5.41) is 14.6. The summed E-state index contributed by atoms with van der Waals surface area (Å²) in [6.45, 7) is 1.55. The van der Waals surface area contributed by atoms with Crippen molar-refractivity contribution in [2.45, 2.75) is 69.1 Å². The van der Waals surface area contributed by atoms with E-state index in [0.717, 1.165) is 56.7 Å². The normalized spacial score (nSPS) is 28.2. The standard InChI is InChI=1S/C19H29N3O3/c1-21-12-15(11-20-21)9-16-17(25-13-14-3-4-14)5-8-22(16)18(23)10-19(24)6-2-7-19/h11-12,14,16-17,24H,2-10,13H2,1H3/t16-,17+/m0/s1. The van der Waals surface area contributed by atoms with Crippen LogP contribution in [0.15, 0.2) is 12.4 Å². The first-order chi connectivity index (χ1) is 12.0. The van der Waals surface area contributed by atoms with Crippen molar-refractivity contribution in [3.63, 3.8) is 0 Å². The lowest BCUT2D eigenvalue weighted by Crippen LogP contribution is -2.47. The molecule has 1 aromatic rings. The first-order valence-electron chi connectivity index (χ1n) is 9.63. The molecule has 0 aromatic carbocycles. The SMILES string of the molecule is Cn1cc(C[C@H]2[C@H](OCC3CC3)CCN2C(=O)CC2(O)CCC2)cn1. The van der Waals surface area contributed by atoms with Gasteiger partial charge in [-0.1, -0.05) is 0 Å². The number of amides is 1. The Hall–Kier alpha value is -1.40. The van der Waals surface area contributed by atoms with E-state index in [0.29, 0.717) is 0 Å². The van der Waals surface area contributed by atoms with Crippen LogP contribution in [0.2, 0.25) is 0 Å². The minimum atomic E-state index is -0.761. The molecule has 0 bridgehead atoms. The average molecular weight is 347 g/mol. The summed E-state index contributed by atoms with van der Waals surface area (Å²) in [5.41, 5.74) is 0.373. The topological polar surface area (TPSA) is 67.6 Å². The molecule has 6 heteroatoms. The van der Waals surface area contributed by atoms with Crippen LogP contribution < -0.4 is 0 Å². The summed E-state index contributed by atoms with van der Waals surface area (Å²) >= 11 is 0. The lowest BCUT2D eigenvalue weighted by molar-refractivity contribution is -0.142. The van der Waals surface area contributed by atoms with E-state index in [1.54, 1.807) is 4.68 Å². The van der Waals surface area contributed by atoms with Gasteiger partial charge >= 0.3 is 0 Å². The van der Waals surface area contributed by atoms with Crippen molar-refractivity contribution in [1.29, 1.82) is 0 Å². The van der Waals surface area contributed by atoms with Crippen LogP contribution in [0.25, 0.3) is 0 Å². The van der Waals surface area contributed by atoms with Gasteiger partial charge in [0.1, 0.15) is 0 Å². The van der Waals surface area contributed by atoms with Gasteiger partial charge in [-0.15, -0.1) is 0 Å². The number of rotatable bonds is 7. The Morgan fingerprint density at radius 3 is 2.80 bits per heavy atom. The van der Waals surface area contributed by atoms with Gasteiger partial charge in [0.15, 0.2) is 0 Å². The Balaban J connectivity index is 1.44. The molecule has 0 radical (unpaired) electrons. The highest BCUT2D eigenvalue weighted by atomic mass is 16.5. The van der Waals surface area contributed by atoms with Gasteiger partial charge in [-0.25, -0.2) is 0 Å². The van der Waals surface area contributed by atoms with Crippen LogP contribution in [-0.2, 0) is 23.0 Å². The zero-order chi connectivity index (χ0) is 17.4. The summed E-state index contributed by atoms with van der Waals surface area (Å²) in [7, 11) is 1.91. The van der Waals surface area contributed by atoms with E-state index in [2.05, 4.69) is 5.10 Å². The van der Waals surface area contributed by atoms with Crippen LogP contribution in [0.5, 0.6) is 0 Å². The first kappa shape index (κ1) is 17.0. The number of nitrogens with zero attached hydrogens (tertiary/aromatic N) is 3. The lowest BCUT2D eigenvalue weighted by atomic mass is 9.77. The summed E-state index contributed by atoms with van der Waals surface area (Å²) in [6.07, 6.45) is 11.0. The van der Waals surface area contributed by atoms with Crippen LogP contribution in [-0.4, -0.2) is 56.6 Å². The van der Waals surface area contributed by atoms with E-state index in [1.807, 2.05) is 24.3 Å². The molecule has 3 aliphatic rings. The van der Waals surface area contributed by atoms with Gasteiger partial charge in [0.2, 0.25) is 5.91 Å². The molecule has 2 saturated carbocycles. The van der Waals surface area contributed by atoms with Crippen LogP contribution in [0.3, 0.4) is 0 Å². The molecule has 1 saturated heterocycles. The third-order valence-electron chi connectivity index (χ3n) is 6.02. The molecule has 2 atom stereocenters. The maximum Gasteiger partial charge on any atom is 0.225 e. The van der Waals surface area contributed by atoms with Crippen molar-refractivity contribution in [2.75, 3.05) is 13.2 Å². The number of aliphatic hydroxyl groups is 1. The minimum Gasteiger partial charge on any atom is -0.389 e. The smallest absolute Gasteiger partial charge is 0.225 e. The van der Waals surface area contributed by atoms with E-state index in [1.165, 1.54) is 12.8 Å². The van der Waals surface area contributed by atoms with Gasteiger partial charge in [-0.2, -0.15) is 5.10 Å². The molecule has 0 unspecified atom stereocenters. The highest BCUT2D eigenvalue weighted by Crippen LogP contribution is 2.37. The molecule has 3 fully saturated rings. The number of ether oxygens (including phenoxy) is 1. The fourth-order valence-corrected chi connectivity index (χ4v) is 4.08. The Bertz CT molecular complexity index is 621. The monoisotopic (exact) mass is 347 g/mol. The van der Waals surface area contributed by atoms with E-state index in [9.17, 15) is 9.90 Å². The van der Waals surface area contributed by atoms with Gasteiger partial charge in [0.25, 0.3) is 0 Å². The molecule has 1 amide bonds. The first-order valence-corrected chi connectivity index (χ1v) is 9.63. The Morgan fingerprint density at radius 1 is 1.40 bits per heavy atom. The molecule has 25 heavy (non-hydrogen) atoms. The van der Waals surface area contributed by atoms with Gasteiger partial charge in [-0.05, 0) is 56.4 Å². The van der Waals surface area contributed by atoms with E-state index >= 15 is 0 Å². The van der Waals surface area contributed by atoms with E-state index < -0.39 is 5.60 Å². The van der Waals surface area contributed by atoms with E-state index in [4.69, 9.17) is 4.74 Å².